The molecule has 0 aliphatic heterocycles. The Morgan fingerprint density at radius 2 is 1.83 bits per heavy atom. The molecule has 0 saturated heterocycles. The summed E-state index contributed by atoms with van der Waals surface area (Å²) in [5.41, 5.74) is 2.22. The number of hydrogen-bond acceptors (Lipinski definition) is 8. The van der Waals surface area contributed by atoms with Crippen molar-refractivity contribution in [2.75, 3.05) is 20.8 Å². The summed E-state index contributed by atoms with van der Waals surface area (Å²) in [7, 11) is 2.82. The Morgan fingerprint density at radius 1 is 1.05 bits per heavy atom. The predicted molar refractivity (Wildman–Crippen MR) is 149 cm³/mol. The Hall–Kier alpha value is -4.73. The maximum atomic E-state index is 15.5. The van der Waals surface area contributed by atoms with Crippen LogP contribution in [0.2, 0.25) is 0 Å². The molecule has 2 aromatic heterocycles. The molecule has 0 spiro atoms. The molecule has 0 aliphatic rings. The van der Waals surface area contributed by atoms with Gasteiger partial charge in [-0.15, -0.1) is 0 Å². The van der Waals surface area contributed by atoms with Gasteiger partial charge in [0, 0.05) is 36.6 Å². The zero-order chi connectivity index (χ0) is 29.8. The molecule has 0 aliphatic carbocycles. The van der Waals surface area contributed by atoms with Gasteiger partial charge in [0.05, 0.1) is 47.5 Å². The first-order valence-corrected chi connectivity index (χ1v) is 13.5. The summed E-state index contributed by atoms with van der Waals surface area (Å²) >= 11 is 1.03. The number of imidazole rings is 1. The molecule has 5 rings (SSSR count). The van der Waals surface area contributed by atoms with E-state index in [9.17, 15) is 9.18 Å². The number of carbonyl (C=O) groups is 1. The summed E-state index contributed by atoms with van der Waals surface area (Å²) in [4.78, 5) is 16.6. The average Bonchev–Trinajstić information content (AvgIpc) is 3.60. The van der Waals surface area contributed by atoms with Crippen LogP contribution in [0.15, 0.2) is 53.9 Å². The average molecular weight is 593 g/mol. The van der Waals surface area contributed by atoms with Crippen molar-refractivity contribution in [1.29, 1.82) is 5.26 Å². The van der Waals surface area contributed by atoms with Crippen LogP contribution in [0.3, 0.4) is 0 Å². The van der Waals surface area contributed by atoms with E-state index >= 15 is 8.78 Å². The summed E-state index contributed by atoms with van der Waals surface area (Å²) in [6.45, 7) is 0.465. The highest BCUT2D eigenvalue weighted by atomic mass is 32.1. The van der Waals surface area contributed by atoms with Crippen molar-refractivity contribution in [3.63, 3.8) is 0 Å². The second-order valence-corrected chi connectivity index (χ2v) is 9.83. The number of nitrogens with zero attached hydrogens (tertiary/aromatic N) is 4. The van der Waals surface area contributed by atoms with Gasteiger partial charge in [0.1, 0.15) is 29.9 Å². The van der Waals surface area contributed by atoms with Crippen LogP contribution in [0, 0.1) is 28.8 Å². The van der Waals surface area contributed by atoms with Gasteiger partial charge in [0.15, 0.2) is 0 Å². The van der Waals surface area contributed by atoms with Gasteiger partial charge in [0.25, 0.3) is 0 Å². The Balaban J connectivity index is 1.43. The molecule has 0 N–H and O–H groups in total. The molecule has 0 fully saturated rings. The Labute approximate surface area is 242 Å². The Kier molecular flexibility index (Phi) is 8.51. The third-order valence-electron chi connectivity index (χ3n) is 6.64. The SMILES string of the molecule is COCCn1c(Cc2c(F)cc(-c3csnc3OCc3ccc(C#N)cc3F)cc2F)nc2ccc(C(=O)OC)cc21. The molecule has 0 unspecified atom stereocenters. The van der Waals surface area contributed by atoms with Gasteiger partial charge in [0.2, 0.25) is 5.88 Å². The number of halogens is 3. The van der Waals surface area contributed by atoms with Crippen molar-refractivity contribution >= 4 is 28.5 Å². The summed E-state index contributed by atoms with van der Waals surface area (Å²) in [6.07, 6.45) is -0.160. The van der Waals surface area contributed by atoms with Crippen LogP contribution in [-0.4, -0.2) is 40.7 Å². The van der Waals surface area contributed by atoms with Crippen molar-refractivity contribution in [3.05, 3.63) is 99.4 Å². The van der Waals surface area contributed by atoms with Crippen molar-refractivity contribution in [2.24, 2.45) is 0 Å². The molecule has 0 saturated carbocycles. The van der Waals surface area contributed by atoms with E-state index in [-0.39, 0.29) is 41.2 Å². The standard InChI is InChI=1S/C30H23F3N4O4S/c1-39-8-7-37-27-12-18(30(38)40-2)5-6-26(27)35-28(37)13-21-24(32)10-20(11-25(21)33)22-16-42-36-29(22)41-15-19-4-3-17(14-34)9-23(19)31/h3-6,9-12,16H,7-8,13,15H2,1-2H3. The van der Waals surface area contributed by atoms with Gasteiger partial charge in [-0.2, -0.15) is 9.64 Å². The van der Waals surface area contributed by atoms with Crippen LogP contribution in [0.5, 0.6) is 5.88 Å². The largest absolute Gasteiger partial charge is 0.472 e. The normalized spacial score (nSPS) is 11.0. The third-order valence-corrected chi connectivity index (χ3v) is 7.25. The molecule has 0 radical (unpaired) electrons. The molecule has 0 atom stereocenters. The summed E-state index contributed by atoms with van der Waals surface area (Å²) in [5.74, 6) is -2.22. The number of benzene rings is 3. The molecule has 8 nitrogen and oxygen atoms in total. The number of ether oxygens (including phenoxy) is 3. The fourth-order valence-corrected chi connectivity index (χ4v) is 5.11. The fourth-order valence-electron chi connectivity index (χ4n) is 4.47. The topological polar surface area (TPSA) is 99.3 Å². The zero-order valence-corrected chi connectivity index (χ0v) is 23.3. The zero-order valence-electron chi connectivity index (χ0n) is 22.5. The number of rotatable bonds is 10. The molecular formula is C30H23F3N4O4S. The molecule has 2 heterocycles. The first-order chi connectivity index (χ1) is 20.3. The molecule has 42 heavy (non-hydrogen) atoms. The van der Waals surface area contributed by atoms with E-state index in [0.717, 1.165) is 17.6 Å². The number of methoxy groups -OCH3 is 2. The van der Waals surface area contributed by atoms with Gasteiger partial charge in [-0.1, -0.05) is 6.07 Å². The highest BCUT2D eigenvalue weighted by molar-refractivity contribution is 7.04. The number of hydrogen-bond donors (Lipinski definition) is 0. The van der Waals surface area contributed by atoms with E-state index in [0.29, 0.717) is 41.1 Å². The quantitative estimate of drug-likeness (QED) is 0.182. The summed E-state index contributed by atoms with van der Waals surface area (Å²) in [6, 6.07) is 13.1. The smallest absolute Gasteiger partial charge is 0.337 e. The number of nitriles is 1. The lowest BCUT2D eigenvalue weighted by Crippen LogP contribution is -2.11. The lowest BCUT2D eigenvalue weighted by atomic mass is 10.0. The van der Waals surface area contributed by atoms with Crippen molar-refractivity contribution in [3.8, 4) is 23.1 Å². The van der Waals surface area contributed by atoms with Crippen molar-refractivity contribution in [1.82, 2.24) is 13.9 Å². The second-order valence-electron chi connectivity index (χ2n) is 9.20. The number of fused-ring (bicyclic) bond motifs is 1. The van der Waals surface area contributed by atoms with E-state index in [4.69, 9.17) is 19.5 Å². The number of esters is 1. The molecule has 12 heteroatoms. The molecular weight excluding hydrogens is 569 g/mol. The fraction of sp³-hybridized carbons (Fsp3) is 0.200. The van der Waals surface area contributed by atoms with Crippen LogP contribution < -0.4 is 4.74 Å². The van der Waals surface area contributed by atoms with Crippen LogP contribution in [0.25, 0.3) is 22.2 Å². The molecule has 0 bridgehead atoms. The highest BCUT2D eigenvalue weighted by Crippen LogP contribution is 2.34. The summed E-state index contributed by atoms with van der Waals surface area (Å²) in [5, 5.41) is 10.5. The van der Waals surface area contributed by atoms with Crippen LogP contribution in [-0.2, 0) is 29.0 Å². The minimum absolute atomic E-state index is 0.0954. The first-order valence-electron chi connectivity index (χ1n) is 12.6. The van der Waals surface area contributed by atoms with Crippen molar-refractivity contribution in [2.45, 2.75) is 19.6 Å². The minimum Gasteiger partial charge on any atom is -0.472 e. The second kappa shape index (κ2) is 12.4. The van der Waals surface area contributed by atoms with Crippen LogP contribution in [0.4, 0.5) is 13.2 Å². The molecule has 214 valence electrons. The maximum Gasteiger partial charge on any atom is 0.337 e. The van der Waals surface area contributed by atoms with Gasteiger partial charge >= 0.3 is 5.97 Å². The van der Waals surface area contributed by atoms with E-state index < -0.39 is 23.4 Å². The van der Waals surface area contributed by atoms with Gasteiger partial charge in [-0.05, 0) is 59.6 Å². The lowest BCUT2D eigenvalue weighted by molar-refractivity contribution is 0.0601. The summed E-state index contributed by atoms with van der Waals surface area (Å²) < 4.78 is 66.8. The Bertz CT molecular complexity index is 1810. The molecule has 0 amide bonds. The monoisotopic (exact) mass is 592 g/mol. The van der Waals surface area contributed by atoms with E-state index in [2.05, 4.69) is 9.36 Å². The number of aromatic nitrogens is 3. The van der Waals surface area contributed by atoms with Gasteiger partial charge in [-0.3, -0.25) is 0 Å². The van der Waals surface area contributed by atoms with E-state index in [1.165, 1.54) is 38.5 Å². The van der Waals surface area contributed by atoms with Crippen LogP contribution >= 0.6 is 11.5 Å². The molecule has 5 aromatic rings. The highest BCUT2D eigenvalue weighted by Gasteiger charge is 2.21. The third kappa shape index (κ3) is 5.83. The van der Waals surface area contributed by atoms with E-state index in [1.54, 1.807) is 28.1 Å². The first kappa shape index (κ1) is 28.8. The predicted octanol–water partition coefficient (Wildman–Crippen LogP) is 6.05. The van der Waals surface area contributed by atoms with Crippen molar-refractivity contribution < 1.29 is 32.2 Å². The molecule has 3 aromatic carbocycles. The lowest BCUT2D eigenvalue weighted by Gasteiger charge is -2.12. The minimum atomic E-state index is -0.791. The Morgan fingerprint density at radius 3 is 2.52 bits per heavy atom. The van der Waals surface area contributed by atoms with Crippen LogP contribution in [0.1, 0.15) is 32.9 Å². The van der Waals surface area contributed by atoms with E-state index in [1.807, 2.05) is 6.07 Å². The van der Waals surface area contributed by atoms with Gasteiger partial charge < -0.3 is 18.8 Å². The van der Waals surface area contributed by atoms with Gasteiger partial charge in [-0.25, -0.2) is 22.9 Å². The maximum absolute atomic E-state index is 15.5. The number of carbonyl (C=O) groups excluding carboxylic acids is 1.